The third-order valence-corrected chi connectivity index (χ3v) is 5.10. The number of halogens is 2. The summed E-state index contributed by atoms with van der Waals surface area (Å²) in [7, 11) is 1.54. The second-order valence-electron chi connectivity index (χ2n) is 4.91. The number of methoxy groups -OCH3 is 1. The number of aryl methyl sites for hydroxylation is 2. The maximum absolute atomic E-state index is 9.81. The molecule has 0 aliphatic rings. The first kappa shape index (κ1) is 16.2. The number of anilines is 1. The molecule has 2 rings (SSSR count). The van der Waals surface area contributed by atoms with Gasteiger partial charge in [0.05, 0.1) is 11.6 Å². The Bertz CT molecular complexity index is 649. The predicted octanol–water partition coefficient (Wildman–Crippen LogP) is 5.15. The number of benzene rings is 2. The number of ether oxygens (including phenoxy) is 1. The van der Waals surface area contributed by atoms with Gasteiger partial charge >= 0.3 is 0 Å². The molecular weight excluding hydrogens is 398 g/mol. The maximum Gasteiger partial charge on any atom is 0.172 e. The van der Waals surface area contributed by atoms with Crippen LogP contribution in [0, 0.1) is 13.8 Å². The van der Waals surface area contributed by atoms with E-state index in [0.29, 0.717) is 16.8 Å². The molecular formula is C16H17Br2NO2. The molecule has 21 heavy (non-hydrogen) atoms. The average molecular weight is 415 g/mol. The van der Waals surface area contributed by atoms with Gasteiger partial charge in [-0.2, -0.15) is 0 Å². The van der Waals surface area contributed by atoms with E-state index in [9.17, 15) is 5.11 Å². The zero-order valence-corrected chi connectivity index (χ0v) is 15.3. The van der Waals surface area contributed by atoms with Crippen molar-refractivity contribution < 1.29 is 9.84 Å². The van der Waals surface area contributed by atoms with Crippen LogP contribution in [0.2, 0.25) is 0 Å². The van der Waals surface area contributed by atoms with E-state index in [-0.39, 0.29) is 5.75 Å². The summed E-state index contributed by atoms with van der Waals surface area (Å²) in [6, 6.07) is 7.91. The molecule has 0 saturated carbocycles. The normalized spacial score (nSPS) is 10.5. The number of rotatable bonds is 4. The van der Waals surface area contributed by atoms with Crippen LogP contribution in [0.5, 0.6) is 11.5 Å². The molecule has 0 spiro atoms. The summed E-state index contributed by atoms with van der Waals surface area (Å²) in [6.07, 6.45) is 0. The zero-order chi connectivity index (χ0) is 15.6. The summed E-state index contributed by atoms with van der Waals surface area (Å²) < 4.78 is 6.93. The summed E-state index contributed by atoms with van der Waals surface area (Å²) in [4.78, 5) is 0. The van der Waals surface area contributed by atoms with Crippen LogP contribution in [0.4, 0.5) is 5.69 Å². The molecule has 0 heterocycles. The van der Waals surface area contributed by atoms with Crippen LogP contribution < -0.4 is 10.1 Å². The van der Waals surface area contributed by atoms with Gasteiger partial charge in [-0.15, -0.1) is 0 Å². The molecule has 0 atom stereocenters. The molecule has 0 amide bonds. The Kier molecular flexibility index (Phi) is 5.17. The van der Waals surface area contributed by atoms with Gasteiger partial charge in [-0.25, -0.2) is 0 Å². The highest BCUT2D eigenvalue weighted by molar-refractivity contribution is 9.10. The van der Waals surface area contributed by atoms with E-state index in [4.69, 9.17) is 4.74 Å². The van der Waals surface area contributed by atoms with E-state index in [1.165, 1.54) is 11.1 Å². The highest BCUT2D eigenvalue weighted by Gasteiger charge is 2.09. The van der Waals surface area contributed by atoms with Gasteiger partial charge in [0.2, 0.25) is 0 Å². The molecule has 2 N–H and O–H groups in total. The van der Waals surface area contributed by atoms with Crippen LogP contribution >= 0.6 is 31.9 Å². The molecule has 0 unspecified atom stereocenters. The summed E-state index contributed by atoms with van der Waals surface area (Å²) in [5.41, 5.74) is 4.48. The first-order valence-corrected chi connectivity index (χ1v) is 8.07. The molecule has 5 heteroatoms. The zero-order valence-electron chi connectivity index (χ0n) is 12.1. The summed E-state index contributed by atoms with van der Waals surface area (Å²) >= 11 is 6.90. The Hall–Kier alpha value is -1.20. The molecule has 2 aromatic carbocycles. The van der Waals surface area contributed by atoms with Crippen LogP contribution in [-0.4, -0.2) is 12.2 Å². The average Bonchev–Trinajstić information content (AvgIpc) is 2.45. The summed E-state index contributed by atoms with van der Waals surface area (Å²) in [6.45, 7) is 4.79. The fraction of sp³-hybridized carbons (Fsp3) is 0.250. The van der Waals surface area contributed by atoms with Crippen LogP contribution in [0.25, 0.3) is 0 Å². The quantitative estimate of drug-likeness (QED) is 0.726. The van der Waals surface area contributed by atoms with E-state index in [2.05, 4.69) is 63.2 Å². The van der Waals surface area contributed by atoms with Gasteiger partial charge in [-0.05, 0) is 70.7 Å². The standard InChI is InChI=1S/C16H17Br2NO2/c1-9-4-12(5-10(2)15(9)18)19-8-11-6-13(17)16(20)14(7-11)21-3/h4-7,19-20H,8H2,1-3H3. The molecule has 0 fully saturated rings. The number of hydrogen-bond donors (Lipinski definition) is 2. The lowest BCUT2D eigenvalue weighted by molar-refractivity contribution is 0.371. The lowest BCUT2D eigenvalue weighted by Gasteiger charge is -2.12. The van der Waals surface area contributed by atoms with E-state index < -0.39 is 0 Å². The Morgan fingerprint density at radius 1 is 1.10 bits per heavy atom. The van der Waals surface area contributed by atoms with Crippen molar-refractivity contribution in [3.8, 4) is 11.5 Å². The van der Waals surface area contributed by atoms with Crippen LogP contribution in [-0.2, 0) is 6.54 Å². The van der Waals surface area contributed by atoms with Crippen LogP contribution in [0.1, 0.15) is 16.7 Å². The Morgan fingerprint density at radius 3 is 2.29 bits per heavy atom. The third kappa shape index (κ3) is 3.71. The van der Waals surface area contributed by atoms with Gasteiger partial charge < -0.3 is 15.2 Å². The van der Waals surface area contributed by atoms with Gasteiger partial charge in [0.15, 0.2) is 11.5 Å². The molecule has 0 aliphatic heterocycles. The van der Waals surface area contributed by atoms with Gasteiger partial charge in [0.1, 0.15) is 0 Å². The molecule has 0 aromatic heterocycles. The van der Waals surface area contributed by atoms with Crippen molar-refractivity contribution in [2.24, 2.45) is 0 Å². The van der Waals surface area contributed by atoms with Crippen molar-refractivity contribution in [2.75, 3.05) is 12.4 Å². The van der Waals surface area contributed by atoms with Crippen molar-refractivity contribution in [3.63, 3.8) is 0 Å². The van der Waals surface area contributed by atoms with Crippen molar-refractivity contribution in [1.82, 2.24) is 0 Å². The van der Waals surface area contributed by atoms with E-state index in [1.807, 2.05) is 12.1 Å². The second kappa shape index (κ2) is 6.71. The fourth-order valence-electron chi connectivity index (χ4n) is 2.14. The second-order valence-corrected chi connectivity index (χ2v) is 6.55. The molecule has 3 nitrogen and oxygen atoms in total. The monoisotopic (exact) mass is 413 g/mol. The largest absolute Gasteiger partial charge is 0.503 e. The number of phenolic OH excluding ortho intramolecular Hbond substituents is 1. The molecule has 0 bridgehead atoms. The molecule has 0 radical (unpaired) electrons. The van der Waals surface area contributed by atoms with E-state index in [0.717, 1.165) is 15.7 Å². The minimum atomic E-state index is 0.122. The third-order valence-electron chi connectivity index (χ3n) is 3.24. The number of phenols is 1. The van der Waals surface area contributed by atoms with Gasteiger partial charge in [-0.3, -0.25) is 0 Å². The first-order valence-electron chi connectivity index (χ1n) is 6.48. The number of nitrogens with one attached hydrogen (secondary N) is 1. The first-order chi connectivity index (χ1) is 9.92. The lowest BCUT2D eigenvalue weighted by atomic mass is 10.1. The number of aromatic hydroxyl groups is 1. The lowest BCUT2D eigenvalue weighted by Crippen LogP contribution is -2.01. The highest BCUT2D eigenvalue weighted by Crippen LogP contribution is 2.35. The van der Waals surface area contributed by atoms with Crippen molar-refractivity contribution in [3.05, 3.63) is 49.9 Å². The van der Waals surface area contributed by atoms with Gasteiger partial charge in [-0.1, -0.05) is 15.9 Å². The van der Waals surface area contributed by atoms with Crippen molar-refractivity contribution >= 4 is 37.5 Å². The Balaban J connectivity index is 2.19. The van der Waals surface area contributed by atoms with E-state index >= 15 is 0 Å². The topological polar surface area (TPSA) is 41.5 Å². The minimum Gasteiger partial charge on any atom is -0.503 e. The van der Waals surface area contributed by atoms with Crippen molar-refractivity contribution in [1.29, 1.82) is 0 Å². The minimum absolute atomic E-state index is 0.122. The smallest absolute Gasteiger partial charge is 0.172 e. The van der Waals surface area contributed by atoms with E-state index in [1.54, 1.807) is 7.11 Å². The fourth-order valence-corrected chi connectivity index (χ4v) is 2.86. The Labute approximate surface area is 141 Å². The van der Waals surface area contributed by atoms with Gasteiger partial charge in [0, 0.05) is 16.7 Å². The molecule has 2 aromatic rings. The van der Waals surface area contributed by atoms with Crippen LogP contribution in [0.15, 0.2) is 33.2 Å². The van der Waals surface area contributed by atoms with Gasteiger partial charge in [0.25, 0.3) is 0 Å². The Morgan fingerprint density at radius 2 is 1.71 bits per heavy atom. The number of hydrogen-bond acceptors (Lipinski definition) is 3. The SMILES string of the molecule is COc1cc(CNc2cc(C)c(Br)c(C)c2)cc(Br)c1O. The summed E-state index contributed by atoms with van der Waals surface area (Å²) in [5, 5.41) is 13.2. The van der Waals surface area contributed by atoms with Crippen molar-refractivity contribution in [2.45, 2.75) is 20.4 Å². The predicted molar refractivity (Wildman–Crippen MR) is 93.3 cm³/mol. The highest BCUT2D eigenvalue weighted by atomic mass is 79.9. The van der Waals surface area contributed by atoms with Crippen LogP contribution in [0.3, 0.4) is 0 Å². The molecule has 0 aliphatic carbocycles. The maximum atomic E-state index is 9.81. The molecule has 0 saturated heterocycles. The summed E-state index contributed by atoms with van der Waals surface area (Å²) in [5.74, 6) is 0.584. The molecule has 112 valence electrons.